The monoisotopic (exact) mass is 617 g/mol. The van der Waals surface area contributed by atoms with Crippen molar-refractivity contribution >= 4 is 24.0 Å². The van der Waals surface area contributed by atoms with Crippen molar-refractivity contribution in [3.05, 3.63) is 56.8 Å². The first-order valence-corrected chi connectivity index (χ1v) is 13.9. The van der Waals surface area contributed by atoms with Gasteiger partial charge < -0.3 is 33.7 Å². The lowest BCUT2D eigenvalue weighted by atomic mass is 9.84. The lowest BCUT2D eigenvalue weighted by Crippen LogP contribution is -2.61. The molecule has 1 heterocycles. The lowest BCUT2D eigenvalue weighted by Gasteiger charge is -2.45. The number of carbonyl (C=O) groups is 4. The highest BCUT2D eigenvalue weighted by molar-refractivity contribution is 5.68. The van der Waals surface area contributed by atoms with E-state index in [2.05, 4.69) is 25.4 Å². The molecule has 17 heteroatoms. The SMILES string of the molecule is CC(=O)O[C@H]1[C@H](O[C@H]2O[C@H]([C@@H](C)NC(=O)OCc3ccccc3)CC[C@@H]2OC(C)=O)C(N=[N+]=[N-])CC(N=[N+]=[N-])[C@@H]1OC(C)=O. The van der Waals surface area contributed by atoms with Crippen LogP contribution in [0.15, 0.2) is 40.6 Å². The second-order valence-electron chi connectivity index (χ2n) is 10.3. The Morgan fingerprint density at radius 3 is 2.09 bits per heavy atom. The van der Waals surface area contributed by atoms with Gasteiger partial charge in [0.1, 0.15) is 18.8 Å². The maximum absolute atomic E-state index is 12.5. The smallest absolute Gasteiger partial charge is 0.407 e. The minimum atomic E-state index is -1.40. The van der Waals surface area contributed by atoms with Gasteiger partial charge in [-0.2, -0.15) is 0 Å². The molecule has 17 nitrogen and oxygen atoms in total. The lowest BCUT2D eigenvalue weighted by molar-refractivity contribution is -0.287. The van der Waals surface area contributed by atoms with Crippen LogP contribution in [0.25, 0.3) is 20.9 Å². The molecular formula is C27H35N7O10. The Balaban J connectivity index is 1.84. The van der Waals surface area contributed by atoms with Crippen molar-refractivity contribution in [2.75, 3.05) is 0 Å². The highest BCUT2D eigenvalue weighted by atomic mass is 16.7. The zero-order valence-corrected chi connectivity index (χ0v) is 24.7. The molecule has 0 radical (unpaired) electrons. The summed E-state index contributed by atoms with van der Waals surface area (Å²) in [6, 6.07) is 6.38. The van der Waals surface area contributed by atoms with Crippen molar-refractivity contribution < 1.29 is 47.6 Å². The van der Waals surface area contributed by atoms with E-state index in [-0.39, 0.29) is 19.4 Å². The summed E-state index contributed by atoms with van der Waals surface area (Å²) in [6.45, 7) is 5.21. The minimum absolute atomic E-state index is 0.0610. The largest absolute Gasteiger partial charge is 0.458 e. The average Bonchev–Trinajstić information content (AvgIpc) is 2.96. The predicted molar refractivity (Wildman–Crippen MR) is 149 cm³/mol. The Kier molecular flexibility index (Phi) is 12.6. The van der Waals surface area contributed by atoms with Crippen molar-refractivity contribution in [3.8, 4) is 0 Å². The number of esters is 3. The first kappa shape index (κ1) is 33.9. The highest BCUT2D eigenvalue weighted by Crippen LogP contribution is 2.35. The number of nitrogens with zero attached hydrogens (tertiary/aromatic N) is 6. The van der Waals surface area contributed by atoms with Gasteiger partial charge in [-0.05, 0) is 42.8 Å². The van der Waals surface area contributed by atoms with Crippen LogP contribution in [-0.4, -0.2) is 78.9 Å². The number of carbonyl (C=O) groups excluding carboxylic acids is 4. The quantitative estimate of drug-likeness (QED) is 0.124. The molecule has 238 valence electrons. The molecule has 1 saturated carbocycles. The first-order valence-electron chi connectivity index (χ1n) is 13.9. The van der Waals surface area contributed by atoms with Crippen LogP contribution in [0, 0.1) is 0 Å². The third kappa shape index (κ3) is 9.74. The van der Waals surface area contributed by atoms with Gasteiger partial charge in [0.15, 0.2) is 18.5 Å². The van der Waals surface area contributed by atoms with Crippen molar-refractivity contribution in [3.63, 3.8) is 0 Å². The van der Waals surface area contributed by atoms with Gasteiger partial charge in [-0.1, -0.05) is 40.6 Å². The van der Waals surface area contributed by atoms with Crippen molar-refractivity contribution in [2.45, 2.75) is 108 Å². The number of benzene rings is 1. The van der Waals surface area contributed by atoms with Crippen LogP contribution in [0.2, 0.25) is 0 Å². The maximum Gasteiger partial charge on any atom is 0.407 e. The summed E-state index contributed by atoms with van der Waals surface area (Å²) in [5.41, 5.74) is 19.2. The third-order valence-electron chi connectivity index (χ3n) is 6.97. The van der Waals surface area contributed by atoms with E-state index in [1.807, 2.05) is 30.3 Å². The Morgan fingerprint density at radius 2 is 1.50 bits per heavy atom. The number of nitrogens with one attached hydrogen (secondary N) is 1. The second-order valence-corrected chi connectivity index (χ2v) is 10.3. The molecule has 9 atom stereocenters. The average molecular weight is 618 g/mol. The van der Waals surface area contributed by atoms with Crippen LogP contribution < -0.4 is 5.32 Å². The number of hydrogen-bond donors (Lipinski definition) is 1. The number of rotatable bonds is 11. The second kappa shape index (κ2) is 16.3. The van der Waals surface area contributed by atoms with Crippen LogP contribution >= 0.6 is 0 Å². The number of azide groups is 2. The molecule has 1 aromatic rings. The van der Waals surface area contributed by atoms with Gasteiger partial charge in [0, 0.05) is 30.6 Å². The molecule has 1 aliphatic heterocycles. The molecule has 2 aliphatic rings. The fourth-order valence-electron chi connectivity index (χ4n) is 5.14. The van der Waals surface area contributed by atoms with Crippen molar-refractivity contribution in [2.24, 2.45) is 10.2 Å². The summed E-state index contributed by atoms with van der Waals surface area (Å²) in [4.78, 5) is 54.1. The molecule has 44 heavy (non-hydrogen) atoms. The molecule has 1 aromatic carbocycles. The Labute approximate surface area is 252 Å². The van der Waals surface area contributed by atoms with E-state index < -0.39 is 78.9 Å². The standard InChI is InChI=1S/C27H35N7O10/c1-14(30-27(38)39-13-18-8-6-5-7-9-18)21-10-11-22(40-15(2)35)26(43-21)44-24-20(32-34-29)12-19(31-33-28)23(41-16(3)36)25(24)42-17(4)37/h5-9,14,19-26H,10-13H2,1-4H3,(H,30,38)/t14-,19?,20?,21+,22+,23+,24-,25-,26-/m1/s1. The zero-order chi connectivity index (χ0) is 32.2. The van der Waals surface area contributed by atoms with E-state index in [0.717, 1.165) is 19.4 Å². The number of hydrogen-bond acceptors (Lipinski definition) is 12. The summed E-state index contributed by atoms with van der Waals surface area (Å²) in [5.74, 6) is -2.15. The van der Waals surface area contributed by atoms with Gasteiger partial charge in [-0.25, -0.2) is 4.79 Å². The molecule has 3 rings (SSSR count). The molecule has 0 bridgehead atoms. The topological polar surface area (TPSA) is 233 Å². The molecule has 1 saturated heterocycles. The van der Waals surface area contributed by atoms with E-state index in [1.54, 1.807) is 6.92 Å². The number of amides is 1. The molecule has 2 unspecified atom stereocenters. The molecule has 0 spiro atoms. The number of alkyl carbamates (subject to hydrolysis) is 1. The summed E-state index contributed by atoms with van der Waals surface area (Å²) in [7, 11) is 0. The zero-order valence-electron chi connectivity index (χ0n) is 24.7. The van der Waals surface area contributed by atoms with Crippen LogP contribution in [0.1, 0.15) is 52.5 Å². The van der Waals surface area contributed by atoms with E-state index in [9.17, 15) is 24.7 Å². The van der Waals surface area contributed by atoms with Crippen molar-refractivity contribution in [1.82, 2.24) is 5.32 Å². The molecule has 1 amide bonds. The molecular weight excluding hydrogens is 582 g/mol. The van der Waals surface area contributed by atoms with Crippen molar-refractivity contribution in [1.29, 1.82) is 0 Å². The summed E-state index contributed by atoms with van der Waals surface area (Å²) < 4.78 is 34.0. The molecule has 1 N–H and O–H groups in total. The van der Waals surface area contributed by atoms with E-state index >= 15 is 0 Å². The van der Waals surface area contributed by atoms with Gasteiger partial charge in [-0.3, -0.25) is 14.4 Å². The number of ether oxygens (including phenoxy) is 6. The summed E-state index contributed by atoms with van der Waals surface area (Å²) in [6.07, 6.45) is -7.07. The van der Waals surface area contributed by atoms with Crippen LogP contribution in [0.3, 0.4) is 0 Å². The van der Waals surface area contributed by atoms with Gasteiger partial charge in [0.2, 0.25) is 0 Å². The molecule has 2 fully saturated rings. The van der Waals surface area contributed by atoms with Gasteiger partial charge >= 0.3 is 24.0 Å². The molecule has 1 aliphatic carbocycles. The molecule has 0 aromatic heterocycles. The Hall–Kier alpha value is -4.56. The third-order valence-corrected chi connectivity index (χ3v) is 6.97. The van der Waals surface area contributed by atoms with Gasteiger partial charge in [0.05, 0.1) is 24.2 Å². The predicted octanol–water partition coefficient (Wildman–Crippen LogP) is 3.75. The Morgan fingerprint density at radius 1 is 0.909 bits per heavy atom. The van der Waals surface area contributed by atoms with Crippen LogP contribution in [0.5, 0.6) is 0 Å². The fourth-order valence-corrected chi connectivity index (χ4v) is 5.14. The maximum atomic E-state index is 12.5. The van der Waals surface area contributed by atoms with Gasteiger partial charge in [0.25, 0.3) is 0 Å². The highest BCUT2D eigenvalue weighted by Gasteiger charge is 2.51. The minimum Gasteiger partial charge on any atom is -0.458 e. The van der Waals surface area contributed by atoms with E-state index in [4.69, 9.17) is 34.0 Å². The van der Waals surface area contributed by atoms with Crippen LogP contribution in [-0.2, 0) is 49.4 Å². The Bertz CT molecular complexity index is 1270. The van der Waals surface area contributed by atoms with Crippen LogP contribution in [0.4, 0.5) is 4.79 Å². The first-order chi connectivity index (χ1) is 21.0. The fraction of sp³-hybridized carbons (Fsp3) is 0.630. The van der Waals surface area contributed by atoms with Gasteiger partial charge in [-0.15, -0.1) is 0 Å². The normalized spacial score (nSPS) is 28.5. The summed E-state index contributed by atoms with van der Waals surface area (Å²) in [5, 5.41) is 10.1. The van der Waals surface area contributed by atoms with E-state index in [1.165, 1.54) is 6.92 Å². The summed E-state index contributed by atoms with van der Waals surface area (Å²) >= 11 is 0. The van der Waals surface area contributed by atoms with E-state index in [0.29, 0.717) is 6.42 Å².